The third-order valence-electron chi connectivity index (χ3n) is 2.98. The highest BCUT2D eigenvalue weighted by molar-refractivity contribution is 7.84. The normalized spacial score (nSPS) is 14.0. The van der Waals surface area contributed by atoms with Gasteiger partial charge in [-0.2, -0.15) is 0 Å². The molecule has 0 aromatic heterocycles. The molecule has 5 heteroatoms. The number of amides is 1. The Labute approximate surface area is 129 Å². The fourth-order valence-electron chi connectivity index (χ4n) is 2.06. The molecule has 0 saturated carbocycles. The van der Waals surface area contributed by atoms with E-state index in [0.717, 1.165) is 6.42 Å². The molecule has 0 bridgehead atoms. The van der Waals surface area contributed by atoms with Gasteiger partial charge in [0.15, 0.2) is 0 Å². The van der Waals surface area contributed by atoms with Crippen molar-refractivity contribution in [2.75, 3.05) is 18.2 Å². The van der Waals surface area contributed by atoms with E-state index < -0.39 is 10.8 Å². The number of ether oxygens (including phenoxy) is 1. The molecule has 0 saturated heterocycles. The van der Waals surface area contributed by atoms with E-state index in [0.29, 0.717) is 29.5 Å². The van der Waals surface area contributed by atoms with Gasteiger partial charge in [0, 0.05) is 27.6 Å². The molecular formula is C16H25NO3S. The Kier molecular flexibility index (Phi) is 7.61. The third kappa shape index (κ3) is 7.39. The van der Waals surface area contributed by atoms with Crippen LogP contribution in [0.25, 0.3) is 0 Å². The minimum atomic E-state index is -1.05. The first-order valence-electron chi connectivity index (χ1n) is 7.23. The van der Waals surface area contributed by atoms with Crippen molar-refractivity contribution in [3.8, 4) is 0 Å². The molecule has 1 aromatic carbocycles. The Morgan fingerprint density at radius 2 is 2.05 bits per heavy atom. The predicted octanol–water partition coefficient (Wildman–Crippen LogP) is 3.20. The van der Waals surface area contributed by atoms with E-state index in [1.807, 2.05) is 6.92 Å². The molecule has 1 rings (SSSR count). The molecule has 0 heterocycles. The van der Waals surface area contributed by atoms with Crippen LogP contribution in [0.5, 0.6) is 0 Å². The molecule has 0 unspecified atom stereocenters. The molecule has 0 radical (unpaired) electrons. The summed E-state index contributed by atoms with van der Waals surface area (Å²) >= 11 is 0. The van der Waals surface area contributed by atoms with E-state index in [-0.39, 0.29) is 12.0 Å². The van der Waals surface area contributed by atoms with Crippen molar-refractivity contribution in [3.05, 3.63) is 24.3 Å². The molecule has 0 fully saturated rings. The molecule has 2 atom stereocenters. The molecule has 0 spiro atoms. The van der Waals surface area contributed by atoms with E-state index >= 15 is 0 Å². The van der Waals surface area contributed by atoms with Crippen LogP contribution in [0.2, 0.25) is 0 Å². The lowest BCUT2D eigenvalue weighted by Crippen LogP contribution is -2.18. The number of anilines is 1. The van der Waals surface area contributed by atoms with Crippen LogP contribution >= 0.6 is 0 Å². The molecule has 118 valence electrons. The fourth-order valence-corrected chi connectivity index (χ4v) is 2.62. The zero-order valence-corrected chi connectivity index (χ0v) is 14.0. The van der Waals surface area contributed by atoms with Crippen molar-refractivity contribution >= 4 is 22.4 Å². The van der Waals surface area contributed by atoms with Gasteiger partial charge in [-0.3, -0.25) is 9.00 Å². The Morgan fingerprint density at radius 1 is 1.33 bits per heavy atom. The van der Waals surface area contributed by atoms with Crippen LogP contribution in [0.4, 0.5) is 5.69 Å². The van der Waals surface area contributed by atoms with Gasteiger partial charge in [0.05, 0.1) is 19.1 Å². The molecule has 1 amide bonds. The second-order valence-electron chi connectivity index (χ2n) is 5.59. The van der Waals surface area contributed by atoms with E-state index in [2.05, 4.69) is 19.2 Å². The second-order valence-corrected chi connectivity index (χ2v) is 6.97. The van der Waals surface area contributed by atoms with E-state index in [9.17, 15) is 9.00 Å². The number of rotatable bonds is 8. The molecule has 0 aliphatic rings. The summed E-state index contributed by atoms with van der Waals surface area (Å²) in [5.74, 6) is 0.497. The van der Waals surface area contributed by atoms with Crippen molar-refractivity contribution < 1.29 is 13.7 Å². The fraction of sp³-hybridized carbons (Fsp3) is 0.562. The lowest BCUT2D eigenvalue weighted by Gasteiger charge is -2.15. The van der Waals surface area contributed by atoms with Crippen molar-refractivity contribution in [1.29, 1.82) is 0 Å². The van der Waals surface area contributed by atoms with Gasteiger partial charge in [-0.15, -0.1) is 0 Å². The van der Waals surface area contributed by atoms with Gasteiger partial charge in [0.1, 0.15) is 0 Å². The van der Waals surface area contributed by atoms with Gasteiger partial charge in [-0.05, 0) is 37.5 Å². The number of benzene rings is 1. The topological polar surface area (TPSA) is 55.4 Å². The summed E-state index contributed by atoms with van der Waals surface area (Å²) in [6, 6.07) is 7.09. The van der Waals surface area contributed by atoms with E-state index in [1.165, 1.54) is 0 Å². The Hall–Kier alpha value is -1.20. The smallest absolute Gasteiger partial charge is 0.226 e. The van der Waals surface area contributed by atoms with Crippen molar-refractivity contribution in [2.24, 2.45) is 5.92 Å². The summed E-state index contributed by atoms with van der Waals surface area (Å²) < 4.78 is 17.0. The summed E-state index contributed by atoms with van der Waals surface area (Å²) in [4.78, 5) is 12.5. The lowest BCUT2D eigenvalue weighted by molar-refractivity contribution is -0.117. The van der Waals surface area contributed by atoms with Crippen molar-refractivity contribution in [2.45, 2.75) is 44.6 Å². The highest BCUT2D eigenvalue weighted by Gasteiger charge is 2.08. The lowest BCUT2D eigenvalue weighted by atomic mass is 10.1. The van der Waals surface area contributed by atoms with Gasteiger partial charge >= 0.3 is 0 Å². The first-order chi connectivity index (χ1) is 9.88. The standard InChI is InChI=1S/C16H25NO3S/c1-12(2)10-13(3)20-9-8-16(18)17-14-6-5-7-15(11-14)21(4)19/h5-7,11-13H,8-10H2,1-4H3,(H,17,18)/t13-,21-/m1/s1. The quantitative estimate of drug-likeness (QED) is 0.802. The number of carbonyl (C=O) groups excluding carboxylic acids is 1. The number of carbonyl (C=O) groups is 1. The summed E-state index contributed by atoms with van der Waals surface area (Å²) in [6.45, 7) is 6.74. The van der Waals surface area contributed by atoms with Crippen LogP contribution in [0.1, 0.15) is 33.6 Å². The Bertz CT molecular complexity index is 488. The first kappa shape index (κ1) is 17.9. The first-order valence-corrected chi connectivity index (χ1v) is 8.79. The van der Waals surface area contributed by atoms with E-state index in [4.69, 9.17) is 4.74 Å². The predicted molar refractivity (Wildman–Crippen MR) is 86.9 cm³/mol. The van der Waals surface area contributed by atoms with Crippen LogP contribution in [-0.4, -0.2) is 29.1 Å². The monoisotopic (exact) mass is 311 g/mol. The zero-order valence-electron chi connectivity index (χ0n) is 13.2. The van der Waals surface area contributed by atoms with Crippen LogP contribution in [0.15, 0.2) is 29.2 Å². The second kappa shape index (κ2) is 8.95. The molecule has 0 aliphatic heterocycles. The van der Waals surface area contributed by atoms with Crippen molar-refractivity contribution in [1.82, 2.24) is 0 Å². The van der Waals surface area contributed by atoms with Crippen LogP contribution in [0.3, 0.4) is 0 Å². The van der Waals surface area contributed by atoms with Gasteiger partial charge in [0.25, 0.3) is 0 Å². The average molecular weight is 311 g/mol. The Morgan fingerprint density at radius 3 is 2.67 bits per heavy atom. The maximum atomic E-state index is 11.8. The highest BCUT2D eigenvalue weighted by Crippen LogP contribution is 2.13. The Balaban J connectivity index is 2.37. The minimum Gasteiger partial charge on any atom is -0.378 e. The summed E-state index contributed by atoms with van der Waals surface area (Å²) in [6.07, 6.45) is 3.10. The minimum absolute atomic E-state index is 0.0919. The summed E-state index contributed by atoms with van der Waals surface area (Å²) in [5.41, 5.74) is 0.669. The highest BCUT2D eigenvalue weighted by atomic mass is 32.2. The molecule has 21 heavy (non-hydrogen) atoms. The summed E-state index contributed by atoms with van der Waals surface area (Å²) in [7, 11) is -1.05. The number of hydrogen-bond acceptors (Lipinski definition) is 3. The average Bonchev–Trinajstić information content (AvgIpc) is 2.37. The van der Waals surface area contributed by atoms with Gasteiger partial charge in [-0.1, -0.05) is 19.9 Å². The molecule has 1 N–H and O–H groups in total. The third-order valence-corrected chi connectivity index (χ3v) is 3.90. The van der Waals surface area contributed by atoms with Crippen LogP contribution in [-0.2, 0) is 20.3 Å². The van der Waals surface area contributed by atoms with Gasteiger partial charge in [0.2, 0.25) is 5.91 Å². The maximum absolute atomic E-state index is 11.8. The molecule has 0 aliphatic carbocycles. The number of hydrogen-bond donors (Lipinski definition) is 1. The van der Waals surface area contributed by atoms with Crippen LogP contribution < -0.4 is 5.32 Å². The van der Waals surface area contributed by atoms with Crippen molar-refractivity contribution in [3.63, 3.8) is 0 Å². The molecule has 1 aromatic rings. The van der Waals surface area contributed by atoms with Crippen LogP contribution in [0, 0.1) is 5.92 Å². The molecule has 4 nitrogen and oxygen atoms in total. The largest absolute Gasteiger partial charge is 0.378 e. The van der Waals surface area contributed by atoms with E-state index in [1.54, 1.807) is 30.5 Å². The number of nitrogens with one attached hydrogen (secondary N) is 1. The zero-order chi connectivity index (χ0) is 15.8. The SMILES string of the molecule is CC(C)C[C@@H](C)OCCC(=O)Nc1cccc([S@@](C)=O)c1. The molecular weight excluding hydrogens is 286 g/mol. The van der Waals surface area contributed by atoms with Gasteiger partial charge < -0.3 is 10.1 Å². The summed E-state index contributed by atoms with van der Waals surface area (Å²) in [5, 5.41) is 2.80. The van der Waals surface area contributed by atoms with Gasteiger partial charge in [-0.25, -0.2) is 0 Å². The maximum Gasteiger partial charge on any atom is 0.226 e.